The summed E-state index contributed by atoms with van der Waals surface area (Å²) in [5, 5.41) is 8.10. The second-order valence-electron chi connectivity index (χ2n) is 5.32. The van der Waals surface area contributed by atoms with Gasteiger partial charge in [0.25, 0.3) is 0 Å². The molecule has 0 saturated heterocycles. The second-order valence-corrected chi connectivity index (χ2v) is 5.32. The van der Waals surface area contributed by atoms with Crippen LogP contribution in [0, 0.1) is 0 Å². The minimum atomic E-state index is 0.611. The number of pyridine rings is 1. The fraction of sp³-hybridized carbons (Fsp3) is 0.250. The zero-order chi connectivity index (χ0) is 13.5. The highest BCUT2D eigenvalue weighted by Crippen LogP contribution is 2.37. The van der Waals surface area contributed by atoms with E-state index in [1.807, 2.05) is 6.07 Å². The van der Waals surface area contributed by atoms with E-state index >= 15 is 0 Å². The van der Waals surface area contributed by atoms with Crippen LogP contribution in [0.15, 0.2) is 30.3 Å². The molecule has 0 aliphatic heterocycles. The van der Waals surface area contributed by atoms with Gasteiger partial charge in [-0.1, -0.05) is 30.3 Å². The maximum absolute atomic E-state index is 6.09. The zero-order valence-electron chi connectivity index (χ0n) is 11.2. The van der Waals surface area contributed by atoms with Crippen LogP contribution in [0.2, 0.25) is 0 Å². The summed E-state index contributed by atoms with van der Waals surface area (Å²) in [4.78, 5) is 4.70. The summed E-state index contributed by atoms with van der Waals surface area (Å²) < 4.78 is 0. The predicted octanol–water partition coefficient (Wildman–Crippen LogP) is 3.09. The highest BCUT2D eigenvalue weighted by atomic mass is 15.2. The molecule has 0 radical (unpaired) electrons. The molecule has 0 saturated carbocycles. The minimum Gasteiger partial charge on any atom is -0.383 e. The van der Waals surface area contributed by atoms with Gasteiger partial charge in [0.15, 0.2) is 5.65 Å². The molecular weight excluding hydrogens is 248 g/mol. The van der Waals surface area contributed by atoms with Crippen molar-refractivity contribution in [3.05, 3.63) is 41.6 Å². The molecule has 20 heavy (non-hydrogen) atoms. The molecule has 1 aliphatic rings. The van der Waals surface area contributed by atoms with Gasteiger partial charge in [-0.25, -0.2) is 4.98 Å². The lowest BCUT2D eigenvalue weighted by molar-refractivity contribution is 0.672. The van der Waals surface area contributed by atoms with Crippen LogP contribution in [-0.2, 0) is 12.8 Å². The van der Waals surface area contributed by atoms with Gasteiger partial charge < -0.3 is 5.73 Å². The lowest BCUT2D eigenvalue weighted by Crippen LogP contribution is -2.08. The SMILES string of the molecule is Nc1[nH]nc2nc3c(c(-c4ccccc4)c12)CCCC3. The van der Waals surface area contributed by atoms with Gasteiger partial charge in [0.2, 0.25) is 0 Å². The van der Waals surface area contributed by atoms with Gasteiger partial charge in [-0.05, 0) is 36.8 Å². The second kappa shape index (κ2) is 4.34. The van der Waals surface area contributed by atoms with Gasteiger partial charge in [-0.15, -0.1) is 0 Å². The van der Waals surface area contributed by atoms with Gasteiger partial charge in [-0.3, -0.25) is 5.10 Å². The van der Waals surface area contributed by atoms with Crippen LogP contribution >= 0.6 is 0 Å². The van der Waals surface area contributed by atoms with E-state index in [4.69, 9.17) is 10.7 Å². The molecule has 100 valence electrons. The van der Waals surface area contributed by atoms with E-state index in [-0.39, 0.29) is 0 Å². The van der Waals surface area contributed by atoms with Crippen LogP contribution in [0.4, 0.5) is 5.82 Å². The molecule has 3 aromatic rings. The van der Waals surface area contributed by atoms with Crippen molar-refractivity contribution < 1.29 is 0 Å². The summed E-state index contributed by atoms with van der Waals surface area (Å²) in [6.45, 7) is 0. The molecule has 1 aliphatic carbocycles. The number of aromatic nitrogens is 3. The molecule has 0 fully saturated rings. The fourth-order valence-corrected chi connectivity index (χ4v) is 3.16. The molecule has 4 heteroatoms. The highest BCUT2D eigenvalue weighted by Gasteiger charge is 2.21. The summed E-state index contributed by atoms with van der Waals surface area (Å²) >= 11 is 0. The quantitative estimate of drug-likeness (QED) is 0.709. The van der Waals surface area contributed by atoms with Crippen molar-refractivity contribution in [1.29, 1.82) is 0 Å². The standard InChI is InChI=1S/C16H16N4/c17-15-14-13(10-6-2-1-3-7-10)11-8-4-5-9-12(11)18-16(14)20-19-15/h1-3,6-7H,4-5,8-9H2,(H3,17,18,19,20). The van der Waals surface area contributed by atoms with Gasteiger partial charge in [0, 0.05) is 11.3 Å². The first kappa shape index (κ1) is 11.5. The van der Waals surface area contributed by atoms with E-state index in [0.717, 1.165) is 23.9 Å². The van der Waals surface area contributed by atoms with Gasteiger partial charge in [-0.2, -0.15) is 5.10 Å². The Balaban J connectivity index is 2.12. The average molecular weight is 264 g/mol. The van der Waals surface area contributed by atoms with Crippen molar-refractivity contribution in [2.75, 3.05) is 5.73 Å². The normalized spacial score (nSPS) is 14.4. The molecule has 4 nitrogen and oxygen atoms in total. The van der Waals surface area contributed by atoms with Crippen LogP contribution in [0.1, 0.15) is 24.1 Å². The molecule has 2 aromatic heterocycles. The molecule has 0 spiro atoms. The van der Waals surface area contributed by atoms with Crippen LogP contribution in [0.5, 0.6) is 0 Å². The molecule has 4 rings (SSSR count). The monoisotopic (exact) mass is 264 g/mol. The van der Waals surface area contributed by atoms with E-state index in [1.54, 1.807) is 0 Å². The number of H-pyrrole nitrogens is 1. The third-order valence-corrected chi connectivity index (χ3v) is 4.07. The molecule has 3 N–H and O–H groups in total. The molecular formula is C16H16N4. The maximum atomic E-state index is 6.09. The molecule has 0 atom stereocenters. The number of hydrogen-bond donors (Lipinski definition) is 2. The molecule has 2 heterocycles. The third-order valence-electron chi connectivity index (χ3n) is 4.07. The van der Waals surface area contributed by atoms with Crippen molar-refractivity contribution in [3.63, 3.8) is 0 Å². The van der Waals surface area contributed by atoms with Crippen LogP contribution < -0.4 is 5.73 Å². The molecule has 0 amide bonds. The number of fused-ring (bicyclic) bond motifs is 2. The number of rotatable bonds is 1. The third kappa shape index (κ3) is 1.61. The molecule has 0 unspecified atom stereocenters. The molecule has 0 bridgehead atoms. The summed E-state index contributed by atoms with van der Waals surface area (Å²) in [6.07, 6.45) is 4.54. The van der Waals surface area contributed by atoms with Crippen molar-refractivity contribution >= 4 is 16.9 Å². The van der Waals surface area contributed by atoms with Crippen molar-refractivity contribution in [2.24, 2.45) is 0 Å². The smallest absolute Gasteiger partial charge is 0.184 e. The number of hydrogen-bond acceptors (Lipinski definition) is 3. The van der Waals surface area contributed by atoms with Crippen LogP contribution in [0.3, 0.4) is 0 Å². The Morgan fingerprint density at radius 1 is 1.05 bits per heavy atom. The van der Waals surface area contributed by atoms with Crippen LogP contribution in [0.25, 0.3) is 22.2 Å². The Hall–Kier alpha value is -2.36. The van der Waals surface area contributed by atoms with Gasteiger partial charge in [0.1, 0.15) is 5.82 Å². The first-order valence-corrected chi connectivity index (χ1v) is 7.05. The Morgan fingerprint density at radius 2 is 1.85 bits per heavy atom. The Kier molecular flexibility index (Phi) is 2.49. The maximum Gasteiger partial charge on any atom is 0.184 e. The number of aryl methyl sites for hydroxylation is 1. The first-order chi connectivity index (χ1) is 9.84. The van der Waals surface area contributed by atoms with E-state index in [0.29, 0.717) is 5.82 Å². The summed E-state index contributed by atoms with van der Waals surface area (Å²) in [5.41, 5.74) is 11.8. The number of anilines is 1. The van der Waals surface area contributed by atoms with E-state index in [2.05, 4.69) is 34.5 Å². The van der Waals surface area contributed by atoms with Crippen LogP contribution in [-0.4, -0.2) is 15.2 Å². The summed E-state index contributed by atoms with van der Waals surface area (Å²) in [6, 6.07) is 10.4. The Morgan fingerprint density at radius 3 is 2.70 bits per heavy atom. The number of nitrogens with one attached hydrogen (secondary N) is 1. The Labute approximate surface area is 117 Å². The first-order valence-electron chi connectivity index (χ1n) is 7.05. The van der Waals surface area contributed by atoms with Gasteiger partial charge in [0.05, 0.1) is 5.39 Å². The number of nitrogens with zero attached hydrogens (tertiary/aromatic N) is 2. The van der Waals surface area contributed by atoms with E-state index < -0.39 is 0 Å². The molecule has 1 aromatic carbocycles. The predicted molar refractivity (Wildman–Crippen MR) is 80.4 cm³/mol. The number of benzene rings is 1. The lowest BCUT2D eigenvalue weighted by Gasteiger charge is -2.19. The number of aromatic amines is 1. The van der Waals surface area contributed by atoms with Gasteiger partial charge >= 0.3 is 0 Å². The lowest BCUT2D eigenvalue weighted by atomic mass is 9.87. The number of nitrogen functional groups attached to an aromatic ring is 1. The zero-order valence-corrected chi connectivity index (χ0v) is 11.2. The van der Waals surface area contributed by atoms with Crippen molar-refractivity contribution in [1.82, 2.24) is 15.2 Å². The fourth-order valence-electron chi connectivity index (χ4n) is 3.16. The Bertz CT molecular complexity index is 774. The topological polar surface area (TPSA) is 67.6 Å². The highest BCUT2D eigenvalue weighted by molar-refractivity contribution is 6.01. The van der Waals surface area contributed by atoms with E-state index in [1.165, 1.54) is 35.2 Å². The average Bonchev–Trinajstić information content (AvgIpc) is 2.87. The van der Waals surface area contributed by atoms with E-state index in [9.17, 15) is 0 Å². The minimum absolute atomic E-state index is 0.611. The van der Waals surface area contributed by atoms with Crippen molar-refractivity contribution in [2.45, 2.75) is 25.7 Å². The summed E-state index contributed by atoms with van der Waals surface area (Å²) in [5.74, 6) is 0.611. The van der Waals surface area contributed by atoms with Crippen molar-refractivity contribution in [3.8, 4) is 11.1 Å². The number of nitrogens with two attached hydrogens (primary N) is 1. The summed E-state index contributed by atoms with van der Waals surface area (Å²) in [7, 11) is 0. The largest absolute Gasteiger partial charge is 0.383 e.